The Balaban J connectivity index is 1.74. The molecule has 2 rings (SSSR count). The molecule has 1 aromatic carbocycles. The third-order valence-electron chi connectivity index (χ3n) is 4.37. The molecule has 0 saturated carbocycles. The van der Waals surface area contributed by atoms with Crippen LogP contribution in [0.4, 0.5) is 0 Å². The predicted octanol–water partition coefficient (Wildman–Crippen LogP) is 2.01. The highest BCUT2D eigenvalue weighted by Crippen LogP contribution is 2.09. The second-order valence-corrected chi connectivity index (χ2v) is 6.36. The summed E-state index contributed by atoms with van der Waals surface area (Å²) in [5.74, 6) is 0.195. The molecule has 0 spiro atoms. The Kier molecular flexibility index (Phi) is 6.81. The summed E-state index contributed by atoms with van der Waals surface area (Å²) in [6.45, 7) is 9.59. The van der Waals surface area contributed by atoms with Gasteiger partial charge in [0.2, 0.25) is 5.91 Å². The molecule has 126 valence electrons. The Morgan fingerprint density at radius 2 is 1.91 bits per heavy atom. The van der Waals surface area contributed by atoms with Crippen molar-refractivity contribution < 1.29 is 9.90 Å². The number of carbonyl (C=O) groups excluding carboxylic acids is 1. The topological polar surface area (TPSA) is 43.8 Å². The highest BCUT2D eigenvalue weighted by Gasteiger charge is 2.22. The van der Waals surface area contributed by atoms with Crippen molar-refractivity contribution in [3.8, 4) is 0 Å². The van der Waals surface area contributed by atoms with E-state index in [4.69, 9.17) is 0 Å². The fourth-order valence-electron chi connectivity index (χ4n) is 2.87. The molecule has 1 fully saturated rings. The van der Waals surface area contributed by atoms with Crippen LogP contribution in [0.15, 0.2) is 36.9 Å². The van der Waals surface area contributed by atoms with E-state index >= 15 is 0 Å². The van der Waals surface area contributed by atoms with Crippen molar-refractivity contribution in [2.45, 2.75) is 32.3 Å². The summed E-state index contributed by atoms with van der Waals surface area (Å²) in [7, 11) is 0. The minimum atomic E-state index is -0.303. The van der Waals surface area contributed by atoms with E-state index in [0.29, 0.717) is 13.0 Å². The van der Waals surface area contributed by atoms with Crippen LogP contribution in [0.5, 0.6) is 0 Å². The van der Waals surface area contributed by atoms with Crippen molar-refractivity contribution in [3.05, 3.63) is 48.0 Å². The van der Waals surface area contributed by atoms with Gasteiger partial charge in [-0.15, -0.1) is 6.58 Å². The van der Waals surface area contributed by atoms with Crippen molar-refractivity contribution in [3.63, 3.8) is 0 Å². The number of rotatable bonds is 7. The number of piperazine rings is 1. The summed E-state index contributed by atoms with van der Waals surface area (Å²) in [6, 6.07) is 8.15. The number of aryl methyl sites for hydroxylation is 1. The fraction of sp³-hybridized carbons (Fsp3) is 0.526. The second kappa shape index (κ2) is 8.85. The van der Waals surface area contributed by atoms with Crippen LogP contribution < -0.4 is 0 Å². The van der Waals surface area contributed by atoms with Gasteiger partial charge in [0.05, 0.1) is 12.5 Å². The number of hydrogen-bond acceptors (Lipinski definition) is 3. The number of hydrogen-bond donors (Lipinski definition) is 1. The molecule has 4 nitrogen and oxygen atoms in total. The first kappa shape index (κ1) is 17.7. The molecular weight excluding hydrogens is 288 g/mol. The van der Waals surface area contributed by atoms with E-state index in [2.05, 4.69) is 11.5 Å². The molecule has 0 bridgehead atoms. The molecule has 23 heavy (non-hydrogen) atoms. The number of allylic oxidation sites excluding steroid dienone is 1. The SMILES string of the molecule is C=CCCC(O)CN1CCN(C(=O)Cc2ccc(C)cc2)CC1. The first-order chi connectivity index (χ1) is 11.1. The zero-order valence-electron chi connectivity index (χ0n) is 14.1. The van der Waals surface area contributed by atoms with Crippen molar-refractivity contribution in [1.82, 2.24) is 9.80 Å². The molecule has 1 aliphatic rings. The summed E-state index contributed by atoms with van der Waals surface area (Å²) in [5, 5.41) is 9.95. The lowest BCUT2D eigenvalue weighted by molar-refractivity contribution is -0.132. The van der Waals surface area contributed by atoms with Gasteiger partial charge < -0.3 is 10.0 Å². The van der Waals surface area contributed by atoms with Gasteiger partial charge in [-0.05, 0) is 25.3 Å². The quantitative estimate of drug-likeness (QED) is 0.783. The average molecular weight is 316 g/mol. The maximum Gasteiger partial charge on any atom is 0.227 e. The lowest BCUT2D eigenvalue weighted by Crippen LogP contribution is -2.50. The molecule has 0 aromatic heterocycles. The van der Waals surface area contributed by atoms with Gasteiger partial charge in [-0.1, -0.05) is 35.9 Å². The third kappa shape index (κ3) is 5.81. The molecule has 1 aromatic rings. The molecule has 0 radical (unpaired) electrons. The molecule has 1 atom stereocenters. The van der Waals surface area contributed by atoms with Crippen LogP contribution in [-0.2, 0) is 11.2 Å². The van der Waals surface area contributed by atoms with Crippen LogP contribution in [0.25, 0.3) is 0 Å². The number of aliphatic hydroxyl groups is 1. The van der Waals surface area contributed by atoms with Gasteiger partial charge in [0.15, 0.2) is 0 Å². The van der Waals surface area contributed by atoms with Crippen LogP contribution >= 0.6 is 0 Å². The monoisotopic (exact) mass is 316 g/mol. The van der Waals surface area contributed by atoms with Gasteiger partial charge in [0, 0.05) is 32.7 Å². The van der Waals surface area contributed by atoms with E-state index in [9.17, 15) is 9.90 Å². The van der Waals surface area contributed by atoms with E-state index in [0.717, 1.165) is 44.6 Å². The number of aliphatic hydroxyl groups excluding tert-OH is 1. The number of nitrogens with zero attached hydrogens (tertiary/aromatic N) is 2. The minimum absolute atomic E-state index is 0.195. The first-order valence-electron chi connectivity index (χ1n) is 8.43. The van der Waals surface area contributed by atoms with Gasteiger partial charge in [0.1, 0.15) is 0 Å². The molecule has 4 heteroatoms. The zero-order valence-corrected chi connectivity index (χ0v) is 14.1. The molecule has 1 saturated heterocycles. The number of β-amino-alcohol motifs (C(OH)–C–C–N with tert-alkyl or cyclic N) is 1. The summed E-state index contributed by atoms with van der Waals surface area (Å²) < 4.78 is 0. The Labute approximate surface area is 139 Å². The Bertz CT molecular complexity index is 505. The maximum absolute atomic E-state index is 12.4. The van der Waals surface area contributed by atoms with E-state index < -0.39 is 0 Å². The van der Waals surface area contributed by atoms with Crippen molar-refractivity contribution >= 4 is 5.91 Å². The Hall–Kier alpha value is -1.65. The van der Waals surface area contributed by atoms with E-state index in [1.54, 1.807) is 0 Å². The minimum Gasteiger partial charge on any atom is -0.392 e. The van der Waals surface area contributed by atoms with Crippen molar-refractivity contribution in [1.29, 1.82) is 0 Å². The predicted molar refractivity (Wildman–Crippen MR) is 93.3 cm³/mol. The van der Waals surface area contributed by atoms with Crippen LogP contribution in [0.3, 0.4) is 0 Å². The summed E-state index contributed by atoms with van der Waals surface area (Å²) in [6.07, 6.45) is 3.61. The van der Waals surface area contributed by atoms with Crippen LogP contribution in [0, 0.1) is 6.92 Å². The first-order valence-corrected chi connectivity index (χ1v) is 8.43. The van der Waals surface area contributed by atoms with Gasteiger partial charge in [-0.2, -0.15) is 0 Å². The normalized spacial score (nSPS) is 17.0. The highest BCUT2D eigenvalue weighted by atomic mass is 16.3. The van der Waals surface area contributed by atoms with Crippen LogP contribution in [-0.4, -0.2) is 59.6 Å². The molecule has 1 amide bonds. The van der Waals surface area contributed by atoms with E-state index in [1.165, 1.54) is 5.56 Å². The number of carbonyl (C=O) groups is 1. The molecule has 1 unspecified atom stereocenters. The lowest BCUT2D eigenvalue weighted by atomic mass is 10.1. The van der Waals surface area contributed by atoms with Gasteiger partial charge in [-0.25, -0.2) is 0 Å². The van der Waals surface area contributed by atoms with Gasteiger partial charge in [-0.3, -0.25) is 9.69 Å². The van der Waals surface area contributed by atoms with E-state index in [-0.39, 0.29) is 12.0 Å². The zero-order chi connectivity index (χ0) is 16.7. The Morgan fingerprint density at radius 3 is 2.52 bits per heavy atom. The maximum atomic E-state index is 12.4. The van der Waals surface area contributed by atoms with E-state index in [1.807, 2.05) is 42.2 Å². The highest BCUT2D eigenvalue weighted by molar-refractivity contribution is 5.78. The molecule has 1 N–H and O–H groups in total. The summed E-state index contributed by atoms with van der Waals surface area (Å²) in [4.78, 5) is 16.5. The standard InChI is InChI=1S/C19H28N2O2/c1-3-4-5-18(22)15-20-10-12-21(13-11-20)19(23)14-17-8-6-16(2)7-9-17/h3,6-9,18,22H,1,4-5,10-15H2,2H3. The smallest absolute Gasteiger partial charge is 0.227 e. The Morgan fingerprint density at radius 1 is 1.26 bits per heavy atom. The van der Waals surface area contributed by atoms with Crippen LogP contribution in [0.2, 0.25) is 0 Å². The number of amides is 1. The molecule has 1 aliphatic heterocycles. The third-order valence-corrected chi connectivity index (χ3v) is 4.37. The van der Waals surface area contributed by atoms with Crippen molar-refractivity contribution in [2.24, 2.45) is 0 Å². The van der Waals surface area contributed by atoms with Gasteiger partial charge >= 0.3 is 0 Å². The van der Waals surface area contributed by atoms with Gasteiger partial charge in [0.25, 0.3) is 0 Å². The number of benzene rings is 1. The van der Waals surface area contributed by atoms with Crippen LogP contribution in [0.1, 0.15) is 24.0 Å². The molecular formula is C19H28N2O2. The largest absolute Gasteiger partial charge is 0.392 e. The lowest BCUT2D eigenvalue weighted by Gasteiger charge is -2.35. The molecule has 1 heterocycles. The summed E-state index contributed by atoms with van der Waals surface area (Å²) in [5.41, 5.74) is 2.28. The molecule has 0 aliphatic carbocycles. The fourth-order valence-corrected chi connectivity index (χ4v) is 2.87. The summed E-state index contributed by atoms with van der Waals surface area (Å²) >= 11 is 0. The second-order valence-electron chi connectivity index (χ2n) is 6.36. The average Bonchev–Trinajstić information content (AvgIpc) is 2.55. The van der Waals surface area contributed by atoms with Crippen molar-refractivity contribution in [2.75, 3.05) is 32.7 Å².